The van der Waals surface area contributed by atoms with Gasteiger partial charge in [0.25, 0.3) is 0 Å². The highest BCUT2D eigenvalue weighted by Gasteiger charge is 2.07. The average molecular weight is 255 g/mol. The number of hydrogen-bond donors (Lipinski definition) is 1. The van der Waals surface area contributed by atoms with Crippen molar-refractivity contribution in [3.05, 3.63) is 59.3 Å². The van der Waals surface area contributed by atoms with Gasteiger partial charge in [0.2, 0.25) is 0 Å². The Morgan fingerprint density at radius 3 is 2.68 bits per heavy atom. The van der Waals surface area contributed by atoms with Crippen LogP contribution in [0.3, 0.4) is 0 Å². The average Bonchev–Trinajstić information content (AvgIpc) is 2.41. The summed E-state index contributed by atoms with van der Waals surface area (Å²) in [7, 11) is 2.06. The van der Waals surface area contributed by atoms with E-state index in [1.807, 2.05) is 19.2 Å². The molecule has 1 aromatic carbocycles. The number of hydrogen-bond acceptors (Lipinski definition) is 3. The van der Waals surface area contributed by atoms with Crippen LogP contribution in [0.15, 0.2) is 42.6 Å². The van der Waals surface area contributed by atoms with Crippen LogP contribution in [0.1, 0.15) is 29.7 Å². The maximum absolute atomic E-state index is 5.91. The molecule has 0 amide bonds. The molecule has 1 atom stereocenters. The van der Waals surface area contributed by atoms with Crippen molar-refractivity contribution in [3.8, 4) is 0 Å². The molecule has 3 nitrogen and oxygen atoms in total. The van der Waals surface area contributed by atoms with Gasteiger partial charge in [0.1, 0.15) is 5.82 Å². The van der Waals surface area contributed by atoms with E-state index in [1.165, 1.54) is 11.1 Å². The lowest BCUT2D eigenvalue weighted by Gasteiger charge is -2.20. The van der Waals surface area contributed by atoms with Crippen molar-refractivity contribution in [1.29, 1.82) is 0 Å². The van der Waals surface area contributed by atoms with Crippen molar-refractivity contribution >= 4 is 5.82 Å². The zero-order valence-electron chi connectivity index (χ0n) is 11.8. The molecule has 19 heavy (non-hydrogen) atoms. The van der Waals surface area contributed by atoms with Gasteiger partial charge < -0.3 is 10.6 Å². The van der Waals surface area contributed by atoms with Crippen molar-refractivity contribution in [2.24, 2.45) is 5.73 Å². The number of rotatable bonds is 4. The van der Waals surface area contributed by atoms with E-state index in [0.717, 1.165) is 17.9 Å². The van der Waals surface area contributed by atoms with E-state index in [2.05, 4.69) is 54.2 Å². The Balaban J connectivity index is 2.18. The van der Waals surface area contributed by atoms with Crippen molar-refractivity contribution < 1.29 is 0 Å². The summed E-state index contributed by atoms with van der Waals surface area (Å²) in [6, 6.07) is 12.5. The Labute approximate surface area is 115 Å². The minimum Gasteiger partial charge on any atom is -0.355 e. The van der Waals surface area contributed by atoms with Crippen LogP contribution in [0.5, 0.6) is 0 Å². The molecule has 1 heterocycles. The summed E-state index contributed by atoms with van der Waals surface area (Å²) in [5.41, 5.74) is 9.65. The topological polar surface area (TPSA) is 42.1 Å². The maximum Gasteiger partial charge on any atom is 0.128 e. The molecule has 0 spiro atoms. The Bertz CT molecular complexity index is 549. The fourth-order valence-corrected chi connectivity index (χ4v) is 2.05. The second kappa shape index (κ2) is 5.85. The van der Waals surface area contributed by atoms with Crippen LogP contribution in [-0.2, 0) is 6.54 Å². The zero-order chi connectivity index (χ0) is 13.8. The zero-order valence-corrected chi connectivity index (χ0v) is 11.8. The Kier molecular flexibility index (Phi) is 4.17. The maximum atomic E-state index is 5.91. The second-order valence-corrected chi connectivity index (χ2v) is 5.02. The summed E-state index contributed by atoms with van der Waals surface area (Å²) in [5.74, 6) is 0.957. The number of pyridine rings is 1. The Morgan fingerprint density at radius 2 is 2.00 bits per heavy atom. The lowest BCUT2D eigenvalue weighted by Crippen LogP contribution is -2.19. The van der Waals surface area contributed by atoms with Gasteiger partial charge in [-0.1, -0.05) is 24.3 Å². The minimum absolute atomic E-state index is 0.0358. The number of nitrogens with zero attached hydrogens (tertiary/aromatic N) is 2. The first kappa shape index (κ1) is 13.6. The SMILES string of the molecule is Cc1ccccc1CN(C)c1cc([C@H](C)N)ccn1. The van der Waals surface area contributed by atoms with E-state index < -0.39 is 0 Å². The third-order valence-electron chi connectivity index (χ3n) is 3.36. The van der Waals surface area contributed by atoms with Crippen LogP contribution in [0.25, 0.3) is 0 Å². The highest BCUT2D eigenvalue weighted by molar-refractivity contribution is 5.42. The molecule has 100 valence electrons. The monoisotopic (exact) mass is 255 g/mol. The molecule has 0 aliphatic heterocycles. The quantitative estimate of drug-likeness (QED) is 0.913. The molecule has 2 rings (SSSR count). The van der Waals surface area contributed by atoms with E-state index in [0.29, 0.717) is 0 Å². The fourth-order valence-electron chi connectivity index (χ4n) is 2.05. The number of aryl methyl sites for hydroxylation is 1. The lowest BCUT2D eigenvalue weighted by molar-refractivity contribution is 0.809. The van der Waals surface area contributed by atoms with Crippen LogP contribution < -0.4 is 10.6 Å². The van der Waals surface area contributed by atoms with E-state index in [-0.39, 0.29) is 6.04 Å². The molecule has 0 unspecified atom stereocenters. The number of benzene rings is 1. The summed E-state index contributed by atoms with van der Waals surface area (Å²) in [5, 5.41) is 0. The van der Waals surface area contributed by atoms with E-state index in [9.17, 15) is 0 Å². The van der Waals surface area contributed by atoms with Gasteiger partial charge in [0, 0.05) is 25.8 Å². The predicted octanol–water partition coefficient (Wildman–Crippen LogP) is 3.05. The largest absolute Gasteiger partial charge is 0.355 e. The molecule has 0 saturated heterocycles. The van der Waals surface area contributed by atoms with Gasteiger partial charge in [-0.2, -0.15) is 0 Å². The summed E-state index contributed by atoms with van der Waals surface area (Å²) in [6.45, 7) is 4.97. The molecule has 0 bridgehead atoms. The first-order valence-electron chi connectivity index (χ1n) is 6.55. The highest BCUT2D eigenvalue weighted by atomic mass is 15.2. The first-order chi connectivity index (χ1) is 9.08. The molecule has 0 aliphatic rings. The summed E-state index contributed by atoms with van der Waals surface area (Å²) >= 11 is 0. The minimum atomic E-state index is 0.0358. The highest BCUT2D eigenvalue weighted by Crippen LogP contribution is 2.18. The van der Waals surface area contributed by atoms with Gasteiger partial charge in [0.15, 0.2) is 0 Å². The molecule has 0 saturated carbocycles. The van der Waals surface area contributed by atoms with Crippen LogP contribution in [0.2, 0.25) is 0 Å². The predicted molar refractivity (Wildman–Crippen MR) is 80.1 cm³/mol. The molecule has 0 radical (unpaired) electrons. The summed E-state index contributed by atoms with van der Waals surface area (Å²) in [4.78, 5) is 6.56. The second-order valence-electron chi connectivity index (χ2n) is 5.02. The normalized spacial score (nSPS) is 12.2. The standard InChI is InChI=1S/C16H21N3/c1-12-6-4-5-7-15(12)11-19(3)16-10-14(13(2)17)8-9-18-16/h4-10,13H,11,17H2,1-3H3/t13-/m0/s1. The first-order valence-corrected chi connectivity index (χ1v) is 6.55. The third-order valence-corrected chi connectivity index (χ3v) is 3.36. The van der Waals surface area contributed by atoms with Crippen LogP contribution >= 0.6 is 0 Å². The molecule has 2 aromatic rings. The molecule has 0 aliphatic carbocycles. The smallest absolute Gasteiger partial charge is 0.128 e. The Hall–Kier alpha value is -1.87. The van der Waals surface area contributed by atoms with Crippen LogP contribution in [0.4, 0.5) is 5.82 Å². The molecular weight excluding hydrogens is 234 g/mol. The van der Waals surface area contributed by atoms with Gasteiger partial charge in [-0.15, -0.1) is 0 Å². The fraction of sp³-hybridized carbons (Fsp3) is 0.312. The van der Waals surface area contributed by atoms with Crippen molar-refractivity contribution in [2.75, 3.05) is 11.9 Å². The number of nitrogens with two attached hydrogens (primary N) is 1. The van der Waals surface area contributed by atoms with Gasteiger partial charge in [-0.25, -0.2) is 4.98 Å². The van der Waals surface area contributed by atoms with E-state index >= 15 is 0 Å². The van der Waals surface area contributed by atoms with Crippen molar-refractivity contribution in [1.82, 2.24) is 4.98 Å². The van der Waals surface area contributed by atoms with E-state index in [4.69, 9.17) is 5.73 Å². The van der Waals surface area contributed by atoms with Crippen molar-refractivity contribution in [3.63, 3.8) is 0 Å². The summed E-state index contributed by atoms with van der Waals surface area (Å²) in [6.07, 6.45) is 1.82. The van der Waals surface area contributed by atoms with Gasteiger partial charge in [-0.3, -0.25) is 0 Å². The van der Waals surface area contributed by atoms with E-state index in [1.54, 1.807) is 0 Å². The van der Waals surface area contributed by atoms with Gasteiger partial charge >= 0.3 is 0 Å². The number of anilines is 1. The third kappa shape index (κ3) is 3.32. The molecular formula is C16H21N3. The molecule has 1 aromatic heterocycles. The molecule has 3 heteroatoms. The Morgan fingerprint density at radius 1 is 1.26 bits per heavy atom. The van der Waals surface area contributed by atoms with Gasteiger partial charge in [-0.05, 0) is 42.7 Å². The van der Waals surface area contributed by atoms with Gasteiger partial charge in [0.05, 0.1) is 0 Å². The van der Waals surface area contributed by atoms with Crippen LogP contribution in [-0.4, -0.2) is 12.0 Å². The molecule has 2 N–H and O–H groups in total. The number of aromatic nitrogens is 1. The van der Waals surface area contributed by atoms with Crippen LogP contribution in [0, 0.1) is 6.92 Å². The summed E-state index contributed by atoms with van der Waals surface area (Å²) < 4.78 is 0. The lowest BCUT2D eigenvalue weighted by atomic mass is 10.1. The molecule has 0 fully saturated rings. The van der Waals surface area contributed by atoms with Crippen molar-refractivity contribution in [2.45, 2.75) is 26.4 Å².